The Bertz CT molecular complexity index is 2910. The Kier molecular flexibility index (Phi) is 6.81. The molecule has 51 heavy (non-hydrogen) atoms. The van der Waals surface area contributed by atoms with Crippen molar-refractivity contribution in [1.29, 1.82) is 0 Å². The lowest BCUT2D eigenvalue weighted by molar-refractivity contribution is 0.672. The summed E-state index contributed by atoms with van der Waals surface area (Å²) in [6.07, 6.45) is 0. The van der Waals surface area contributed by atoms with Gasteiger partial charge in [-0.15, -0.1) is 0 Å². The molecule has 0 bridgehead atoms. The first-order valence-electron chi connectivity index (χ1n) is 17.2. The van der Waals surface area contributed by atoms with Gasteiger partial charge in [0.05, 0.1) is 16.6 Å². The molecule has 0 spiro atoms. The molecule has 0 atom stereocenters. The third-order valence-corrected chi connectivity index (χ3v) is 9.87. The van der Waals surface area contributed by atoms with Gasteiger partial charge >= 0.3 is 0 Å². The van der Waals surface area contributed by atoms with Crippen molar-refractivity contribution in [2.24, 2.45) is 0 Å². The Morgan fingerprint density at radius 1 is 0.353 bits per heavy atom. The molecule has 0 radical (unpaired) electrons. The minimum atomic E-state index is 0.677. The molecule has 2 heterocycles. The van der Waals surface area contributed by atoms with Gasteiger partial charge in [-0.3, -0.25) is 0 Å². The van der Waals surface area contributed by atoms with E-state index in [0.29, 0.717) is 5.82 Å². The van der Waals surface area contributed by atoms with Crippen molar-refractivity contribution >= 4 is 43.6 Å². The van der Waals surface area contributed by atoms with Crippen LogP contribution < -0.4 is 0 Å². The number of aromatic nitrogens is 2. The van der Waals surface area contributed by atoms with Crippen LogP contribution in [-0.4, -0.2) is 9.97 Å². The molecular formula is C48H30N2O. The van der Waals surface area contributed by atoms with Crippen molar-refractivity contribution < 1.29 is 4.42 Å². The number of fused-ring (bicyclic) bond motifs is 6. The van der Waals surface area contributed by atoms with Gasteiger partial charge in [-0.1, -0.05) is 146 Å². The highest BCUT2D eigenvalue weighted by atomic mass is 16.3. The summed E-state index contributed by atoms with van der Waals surface area (Å²) < 4.78 is 6.53. The topological polar surface area (TPSA) is 38.9 Å². The predicted octanol–water partition coefficient (Wildman–Crippen LogP) is 13.0. The molecule has 0 aliphatic carbocycles. The average molecular weight is 651 g/mol. The minimum absolute atomic E-state index is 0.677. The zero-order chi connectivity index (χ0) is 33.7. The van der Waals surface area contributed by atoms with Crippen LogP contribution in [0.5, 0.6) is 0 Å². The summed E-state index contributed by atoms with van der Waals surface area (Å²) in [6.45, 7) is 0. The number of nitrogens with zero attached hydrogens (tertiary/aromatic N) is 2. The second kappa shape index (κ2) is 11.9. The first kappa shape index (κ1) is 29.1. The van der Waals surface area contributed by atoms with Crippen LogP contribution in [0.4, 0.5) is 0 Å². The monoisotopic (exact) mass is 650 g/mol. The lowest BCUT2D eigenvalue weighted by atomic mass is 9.96. The summed E-state index contributed by atoms with van der Waals surface area (Å²) in [5.74, 6) is 0.677. The van der Waals surface area contributed by atoms with E-state index in [9.17, 15) is 0 Å². The van der Waals surface area contributed by atoms with Crippen LogP contribution in [0.2, 0.25) is 0 Å². The molecule has 0 aliphatic heterocycles. The molecule has 0 aliphatic rings. The average Bonchev–Trinajstić information content (AvgIpc) is 3.60. The summed E-state index contributed by atoms with van der Waals surface area (Å²) in [7, 11) is 0. The Labute approximate surface area is 295 Å². The van der Waals surface area contributed by atoms with Crippen molar-refractivity contribution in [3.8, 4) is 56.0 Å². The van der Waals surface area contributed by atoms with Crippen LogP contribution in [0.25, 0.3) is 99.6 Å². The molecule has 3 heteroatoms. The van der Waals surface area contributed by atoms with Gasteiger partial charge in [-0.05, 0) is 80.6 Å². The van der Waals surface area contributed by atoms with E-state index in [-0.39, 0.29) is 0 Å². The summed E-state index contributed by atoms with van der Waals surface area (Å²) in [5, 5.41) is 5.43. The number of para-hydroxylation sites is 1. The Hall–Kier alpha value is -6.84. The standard InChI is InChI=1S/C48H30N2O/c1-2-10-31(11-3-1)33-20-22-34(23-21-33)36-14-8-15-37(28-36)38-16-9-17-40(30-38)48-49-43-27-26-42-41-18-6-7-19-44(41)51-47(42)45(43)46(50-48)39-25-24-32-12-4-5-13-35(32)29-39/h1-30H. The van der Waals surface area contributed by atoms with Crippen LogP contribution >= 0.6 is 0 Å². The van der Waals surface area contributed by atoms with E-state index in [1.165, 1.54) is 27.6 Å². The van der Waals surface area contributed by atoms with E-state index in [1.54, 1.807) is 0 Å². The highest BCUT2D eigenvalue weighted by molar-refractivity contribution is 6.18. The molecule has 2 aromatic heterocycles. The fraction of sp³-hybridized carbons (Fsp3) is 0. The SMILES string of the molecule is c1ccc(-c2ccc(-c3cccc(-c4cccc(-c5nc(-c6ccc7ccccc7c6)c6c(ccc7c8ccccc8oc76)n5)c4)c3)cc2)cc1. The van der Waals surface area contributed by atoms with Crippen LogP contribution in [0, 0.1) is 0 Å². The highest BCUT2D eigenvalue weighted by Gasteiger charge is 2.19. The molecule has 10 aromatic rings. The maximum Gasteiger partial charge on any atom is 0.160 e. The molecule has 0 fully saturated rings. The normalized spacial score (nSPS) is 11.5. The van der Waals surface area contributed by atoms with E-state index >= 15 is 0 Å². The first-order valence-corrected chi connectivity index (χ1v) is 17.2. The lowest BCUT2D eigenvalue weighted by Gasteiger charge is -2.12. The fourth-order valence-corrected chi connectivity index (χ4v) is 7.28. The van der Waals surface area contributed by atoms with Gasteiger partial charge in [0.25, 0.3) is 0 Å². The molecule has 0 saturated carbocycles. The quantitative estimate of drug-likeness (QED) is 0.186. The van der Waals surface area contributed by atoms with Crippen LogP contribution in [0.1, 0.15) is 0 Å². The summed E-state index contributed by atoms with van der Waals surface area (Å²) in [4.78, 5) is 10.5. The van der Waals surface area contributed by atoms with E-state index in [2.05, 4.69) is 164 Å². The van der Waals surface area contributed by atoms with Gasteiger partial charge in [-0.2, -0.15) is 0 Å². The van der Waals surface area contributed by atoms with Gasteiger partial charge in [0.2, 0.25) is 0 Å². The smallest absolute Gasteiger partial charge is 0.160 e. The molecule has 10 rings (SSSR count). The maximum absolute atomic E-state index is 6.53. The molecule has 0 saturated heterocycles. The molecular weight excluding hydrogens is 621 g/mol. The summed E-state index contributed by atoms with van der Waals surface area (Å²) in [5.41, 5.74) is 12.4. The number of hydrogen-bond acceptors (Lipinski definition) is 3. The van der Waals surface area contributed by atoms with Gasteiger partial charge in [0, 0.05) is 21.9 Å². The number of benzene rings is 8. The Morgan fingerprint density at radius 3 is 1.75 bits per heavy atom. The van der Waals surface area contributed by atoms with Crippen molar-refractivity contribution in [3.05, 3.63) is 182 Å². The third-order valence-electron chi connectivity index (χ3n) is 9.87. The highest BCUT2D eigenvalue weighted by Crippen LogP contribution is 2.40. The fourth-order valence-electron chi connectivity index (χ4n) is 7.28. The van der Waals surface area contributed by atoms with Gasteiger partial charge < -0.3 is 4.42 Å². The van der Waals surface area contributed by atoms with Crippen molar-refractivity contribution in [2.45, 2.75) is 0 Å². The van der Waals surface area contributed by atoms with E-state index in [1.807, 2.05) is 18.2 Å². The molecule has 8 aromatic carbocycles. The Morgan fingerprint density at radius 2 is 0.941 bits per heavy atom. The van der Waals surface area contributed by atoms with E-state index in [0.717, 1.165) is 66.2 Å². The number of furan rings is 1. The molecule has 0 N–H and O–H groups in total. The number of hydrogen-bond donors (Lipinski definition) is 0. The van der Waals surface area contributed by atoms with Crippen LogP contribution in [-0.2, 0) is 0 Å². The Balaban J connectivity index is 1.09. The van der Waals surface area contributed by atoms with Gasteiger partial charge in [-0.25, -0.2) is 9.97 Å². The lowest BCUT2D eigenvalue weighted by Crippen LogP contribution is -1.96. The molecule has 0 amide bonds. The first-order chi connectivity index (χ1) is 25.2. The van der Waals surface area contributed by atoms with Gasteiger partial charge in [0.15, 0.2) is 5.82 Å². The van der Waals surface area contributed by atoms with E-state index < -0.39 is 0 Å². The molecule has 3 nitrogen and oxygen atoms in total. The van der Waals surface area contributed by atoms with Crippen molar-refractivity contribution in [1.82, 2.24) is 9.97 Å². The van der Waals surface area contributed by atoms with Crippen molar-refractivity contribution in [2.75, 3.05) is 0 Å². The second-order valence-corrected chi connectivity index (χ2v) is 13.0. The maximum atomic E-state index is 6.53. The predicted molar refractivity (Wildman–Crippen MR) is 212 cm³/mol. The number of rotatable bonds is 5. The summed E-state index contributed by atoms with van der Waals surface area (Å²) in [6, 6.07) is 64.0. The summed E-state index contributed by atoms with van der Waals surface area (Å²) >= 11 is 0. The van der Waals surface area contributed by atoms with E-state index in [4.69, 9.17) is 14.4 Å². The van der Waals surface area contributed by atoms with Crippen LogP contribution in [0.3, 0.4) is 0 Å². The third kappa shape index (κ3) is 5.15. The zero-order valence-corrected chi connectivity index (χ0v) is 27.6. The van der Waals surface area contributed by atoms with Gasteiger partial charge in [0.1, 0.15) is 11.2 Å². The molecule has 238 valence electrons. The van der Waals surface area contributed by atoms with Crippen molar-refractivity contribution in [3.63, 3.8) is 0 Å². The second-order valence-electron chi connectivity index (χ2n) is 13.0. The van der Waals surface area contributed by atoms with Crippen LogP contribution in [0.15, 0.2) is 186 Å². The minimum Gasteiger partial charge on any atom is -0.455 e. The molecule has 0 unspecified atom stereocenters. The largest absolute Gasteiger partial charge is 0.455 e. The zero-order valence-electron chi connectivity index (χ0n) is 27.6.